The Morgan fingerprint density at radius 1 is 1.24 bits per heavy atom. The number of halogens is 2. The molecule has 180 valence electrons. The van der Waals surface area contributed by atoms with Crippen LogP contribution in [0.5, 0.6) is 11.5 Å². The fraction of sp³-hybridized carbons (Fsp3) is 0.308. The molecule has 1 spiro atoms. The number of hydrogen-bond acceptors (Lipinski definition) is 5. The number of rotatable bonds is 8. The van der Waals surface area contributed by atoms with E-state index in [1.807, 2.05) is 19.1 Å². The van der Waals surface area contributed by atoms with Gasteiger partial charge in [0.2, 0.25) is 5.91 Å². The highest BCUT2D eigenvalue weighted by Crippen LogP contribution is 2.55. The number of ether oxygens (including phenoxy) is 2. The summed E-state index contributed by atoms with van der Waals surface area (Å²) in [5.41, 5.74) is 1.21. The first-order valence-corrected chi connectivity index (χ1v) is 10.9. The Morgan fingerprint density at radius 2 is 1.88 bits per heavy atom. The molecule has 1 aromatic heterocycles. The molecule has 1 saturated carbocycles. The quantitative estimate of drug-likeness (QED) is 0.532. The number of benzene rings is 1. The molecule has 1 aliphatic heterocycles. The number of anilines is 2. The van der Waals surface area contributed by atoms with Gasteiger partial charge in [-0.15, -0.1) is 0 Å². The minimum Gasteiger partial charge on any atom is -0.493 e. The number of pyridine rings is 1. The van der Waals surface area contributed by atoms with Gasteiger partial charge in [0.1, 0.15) is 11.5 Å². The van der Waals surface area contributed by atoms with E-state index in [0.29, 0.717) is 18.7 Å². The van der Waals surface area contributed by atoms with Gasteiger partial charge in [-0.2, -0.15) is 0 Å². The van der Waals surface area contributed by atoms with Gasteiger partial charge in [-0.3, -0.25) is 4.79 Å². The van der Waals surface area contributed by atoms with Gasteiger partial charge in [-0.05, 0) is 42.5 Å². The number of carbonyl (C=O) groups excluding carboxylic acids is 1. The Kier molecular flexibility index (Phi) is 6.17. The van der Waals surface area contributed by atoms with Crippen molar-refractivity contribution in [1.82, 2.24) is 4.98 Å². The molecule has 0 radical (unpaired) electrons. The molecular weight excluding hydrogens is 440 g/mol. The second-order valence-corrected chi connectivity index (χ2v) is 8.43. The summed E-state index contributed by atoms with van der Waals surface area (Å²) in [6.07, 6.45) is 8.13. The molecule has 1 fully saturated rings. The van der Waals surface area contributed by atoms with E-state index < -0.39 is 22.7 Å². The number of nitrogens with one attached hydrogen (secondary N) is 1. The van der Waals surface area contributed by atoms with Gasteiger partial charge in [0, 0.05) is 19.7 Å². The van der Waals surface area contributed by atoms with Crippen LogP contribution in [0.4, 0.5) is 20.3 Å². The lowest BCUT2D eigenvalue weighted by Crippen LogP contribution is -2.45. The van der Waals surface area contributed by atoms with E-state index in [1.165, 1.54) is 14.2 Å². The summed E-state index contributed by atoms with van der Waals surface area (Å²) in [4.78, 5) is 19.2. The van der Waals surface area contributed by atoms with Gasteiger partial charge in [0.25, 0.3) is 0 Å². The van der Waals surface area contributed by atoms with Crippen LogP contribution in [0.25, 0.3) is 0 Å². The van der Waals surface area contributed by atoms with Crippen LogP contribution in [0.2, 0.25) is 0 Å². The van der Waals surface area contributed by atoms with Crippen LogP contribution in [-0.4, -0.2) is 31.2 Å². The highest BCUT2D eigenvalue weighted by Gasteiger charge is 2.57. The largest absolute Gasteiger partial charge is 0.493 e. The summed E-state index contributed by atoms with van der Waals surface area (Å²) in [5.74, 6) is -2.03. The number of aromatic nitrogens is 1. The molecular formula is C26H29F2N3O3. The van der Waals surface area contributed by atoms with Crippen molar-refractivity contribution in [3.05, 3.63) is 78.0 Å². The summed E-state index contributed by atoms with van der Waals surface area (Å²) in [6, 6.07) is 2.91. The van der Waals surface area contributed by atoms with E-state index in [1.54, 1.807) is 18.3 Å². The Bertz CT molecular complexity index is 1180. The zero-order valence-electron chi connectivity index (χ0n) is 19.5. The molecule has 8 heteroatoms. The predicted octanol–water partition coefficient (Wildman–Crippen LogP) is 5.30. The van der Waals surface area contributed by atoms with E-state index in [4.69, 9.17) is 9.47 Å². The van der Waals surface area contributed by atoms with Crippen molar-refractivity contribution in [2.24, 2.45) is 0 Å². The SMILES string of the molecule is C=C/C=C(\C=C)[C@@H](C)Nc1cc2c(cn1)CN(c1c(F)c(OC)cc(OC)c1F)C(=O)C21CC1.[HH]. The van der Waals surface area contributed by atoms with Crippen molar-refractivity contribution in [2.45, 2.75) is 37.8 Å². The van der Waals surface area contributed by atoms with Crippen LogP contribution in [0, 0.1) is 11.6 Å². The third kappa shape index (κ3) is 3.73. The molecule has 1 amide bonds. The molecule has 0 bridgehead atoms. The van der Waals surface area contributed by atoms with Crippen LogP contribution < -0.4 is 19.7 Å². The third-order valence-electron chi connectivity index (χ3n) is 6.47. The van der Waals surface area contributed by atoms with Crippen molar-refractivity contribution < 1.29 is 24.5 Å². The van der Waals surface area contributed by atoms with Gasteiger partial charge in [-0.25, -0.2) is 13.8 Å². The summed E-state index contributed by atoms with van der Waals surface area (Å²) >= 11 is 0. The number of hydrogen-bond donors (Lipinski definition) is 1. The Balaban J connectivity index is 0.00000342. The molecule has 1 atom stereocenters. The first-order chi connectivity index (χ1) is 16.3. The number of amides is 1. The van der Waals surface area contributed by atoms with Gasteiger partial charge < -0.3 is 19.7 Å². The molecule has 2 heterocycles. The van der Waals surface area contributed by atoms with Crippen LogP contribution in [-0.2, 0) is 16.8 Å². The van der Waals surface area contributed by atoms with Crippen molar-refractivity contribution >= 4 is 17.4 Å². The summed E-state index contributed by atoms with van der Waals surface area (Å²) in [7, 11) is 2.55. The number of fused-ring (bicyclic) bond motifs is 2. The van der Waals surface area contributed by atoms with Crippen LogP contribution in [0.3, 0.4) is 0 Å². The first kappa shape index (κ1) is 23.5. The lowest BCUT2D eigenvalue weighted by Gasteiger charge is -2.35. The number of methoxy groups -OCH3 is 2. The van der Waals surface area contributed by atoms with Crippen LogP contribution >= 0.6 is 0 Å². The zero-order chi connectivity index (χ0) is 24.6. The molecule has 34 heavy (non-hydrogen) atoms. The maximum absolute atomic E-state index is 15.2. The zero-order valence-corrected chi connectivity index (χ0v) is 19.5. The van der Waals surface area contributed by atoms with E-state index in [2.05, 4.69) is 23.5 Å². The van der Waals surface area contributed by atoms with E-state index in [9.17, 15) is 4.79 Å². The highest BCUT2D eigenvalue weighted by atomic mass is 19.1. The lowest BCUT2D eigenvalue weighted by molar-refractivity contribution is -0.121. The van der Waals surface area contributed by atoms with Gasteiger partial charge in [0.15, 0.2) is 23.1 Å². The standard InChI is InChI=1S/C26H27F2N3O3.H2/c1-6-8-16(7-2)15(3)30-21-11-18-17(13-29-21)14-31(25(32)26(18)9-10-26)24-22(27)19(33-4)12-20(34-5)23(24)28;/h6-8,11-13,15H,1-2,9-10,14H2,3-5H3,(H,29,30);1H/b16-8+;/t15-;/m1./s1. The normalized spacial score (nSPS) is 17.1. The first-order valence-electron chi connectivity index (χ1n) is 10.9. The molecule has 4 rings (SSSR count). The topological polar surface area (TPSA) is 63.7 Å². The molecule has 0 unspecified atom stereocenters. The smallest absolute Gasteiger partial charge is 0.238 e. The summed E-state index contributed by atoms with van der Waals surface area (Å²) < 4.78 is 40.4. The predicted molar refractivity (Wildman–Crippen MR) is 129 cm³/mol. The Morgan fingerprint density at radius 3 is 2.41 bits per heavy atom. The van der Waals surface area contributed by atoms with E-state index >= 15 is 8.78 Å². The maximum Gasteiger partial charge on any atom is 0.238 e. The van der Waals surface area contributed by atoms with Crippen molar-refractivity contribution in [1.29, 1.82) is 0 Å². The molecule has 1 aliphatic carbocycles. The highest BCUT2D eigenvalue weighted by molar-refractivity contribution is 6.05. The van der Waals surface area contributed by atoms with Gasteiger partial charge in [0.05, 0.1) is 26.2 Å². The monoisotopic (exact) mass is 469 g/mol. The van der Waals surface area contributed by atoms with Gasteiger partial charge in [-0.1, -0.05) is 31.4 Å². The Labute approximate surface area is 199 Å². The second-order valence-electron chi connectivity index (χ2n) is 8.43. The lowest BCUT2D eigenvalue weighted by atomic mass is 9.86. The number of allylic oxidation sites excluding steroid dienone is 2. The van der Waals surface area contributed by atoms with Gasteiger partial charge >= 0.3 is 0 Å². The summed E-state index contributed by atoms with van der Waals surface area (Å²) in [5, 5.41) is 3.32. The van der Waals surface area contributed by atoms with Crippen molar-refractivity contribution in [2.75, 3.05) is 24.4 Å². The van der Waals surface area contributed by atoms with Crippen LogP contribution in [0.1, 0.15) is 32.3 Å². The molecule has 2 aliphatic rings. The fourth-order valence-corrected chi connectivity index (χ4v) is 4.48. The van der Waals surface area contributed by atoms with Crippen LogP contribution in [0.15, 0.2) is 55.3 Å². The maximum atomic E-state index is 15.2. The van der Waals surface area contributed by atoms with Crippen molar-refractivity contribution in [3.63, 3.8) is 0 Å². The minimum absolute atomic E-state index is 0. The average Bonchev–Trinajstić information content (AvgIpc) is 3.63. The van der Waals surface area contributed by atoms with E-state index in [0.717, 1.165) is 27.7 Å². The average molecular weight is 470 g/mol. The molecule has 2 aromatic rings. The fourth-order valence-electron chi connectivity index (χ4n) is 4.48. The molecule has 1 N–H and O–H groups in total. The molecule has 6 nitrogen and oxygen atoms in total. The molecule has 0 saturated heterocycles. The third-order valence-corrected chi connectivity index (χ3v) is 6.47. The van der Waals surface area contributed by atoms with E-state index in [-0.39, 0.29) is 31.4 Å². The second kappa shape index (κ2) is 8.93. The van der Waals surface area contributed by atoms with Crippen molar-refractivity contribution in [3.8, 4) is 11.5 Å². The Hall–Kier alpha value is -3.68. The minimum atomic E-state index is -0.945. The number of nitrogens with zero attached hydrogens (tertiary/aromatic N) is 2. The summed E-state index contributed by atoms with van der Waals surface area (Å²) in [6.45, 7) is 9.50. The molecule has 1 aromatic carbocycles. The number of carbonyl (C=O) groups is 1.